The summed E-state index contributed by atoms with van der Waals surface area (Å²) in [5.74, 6) is -0.194. The van der Waals surface area contributed by atoms with Crippen LogP contribution in [0.25, 0.3) is 10.9 Å². The van der Waals surface area contributed by atoms with Crippen molar-refractivity contribution in [3.8, 4) is 0 Å². The second kappa shape index (κ2) is 4.55. The minimum absolute atomic E-state index is 0.194. The first kappa shape index (κ1) is 11.6. The van der Waals surface area contributed by atoms with Crippen LogP contribution in [0.3, 0.4) is 0 Å². The van der Waals surface area contributed by atoms with Crippen LogP contribution in [0.2, 0.25) is 0 Å². The van der Waals surface area contributed by atoms with Crippen LogP contribution in [0.4, 0.5) is 4.39 Å². The van der Waals surface area contributed by atoms with Gasteiger partial charge in [-0.15, -0.1) is 0 Å². The number of fused-ring (bicyclic) bond motifs is 1. The number of nitrogens with zero attached hydrogens (tertiary/aromatic N) is 1. The van der Waals surface area contributed by atoms with E-state index in [4.69, 9.17) is 0 Å². The molecule has 86 valence electrons. The van der Waals surface area contributed by atoms with Gasteiger partial charge in [-0.05, 0) is 41.2 Å². The van der Waals surface area contributed by atoms with Crippen molar-refractivity contribution in [1.29, 1.82) is 0 Å². The van der Waals surface area contributed by atoms with Gasteiger partial charge in [-0.2, -0.15) is 0 Å². The van der Waals surface area contributed by atoms with E-state index in [0.717, 1.165) is 28.3 Å². The van der Waals surface area contributed by atoms with Gasteiger partial charge < -0.3 is 9.88 Å². The van der Waals surface area contributed by atoms with Gasteiger partial charge in [-0.3, -0.25) is 0 Å². The Balaban J connectivity index is 2.57. The molecular weight excluding hydrogens is 271 g/mol. The van der Waals surface area contributed by atoms with Crippen molar-refractivity contribution in [2.75, 3.05) is 13.6 Å². The topological polar surface area (TPSA) is 17.0 Å². The third kappa shape index (κ3) is 1.87. The first-order chi connectivity index (χ1) is 7.65. The molecule has 0 radical (unpaired) electrons. The first-order valence-corrected chi connectivity index (χ1v) is 6.01. The molecule has 0 saturated carbocycles. The summed E-state index contributed by atoms with van der Waals surface area (Å²) in [6, 6.07) is 4.88. The molecule has 2 aromatic rings. The highest BCUT2D eigenvalue weighted by molar-refractivity contribution is 9.10. The molecule has 16 heavy (non-hydrogen) atoms. The predicted octanol–water partition coefficient (Wildman–Crippen LogP) is 2.84. The summed E-state index contributed by atoms with van der Waals surface area (Å²) in [7, 11) is 3.90. The van der Waals surface area contributed by atoms with Gasteiger partial charge in [-0.1, -0.05) is 0 Å². The van der Waals surface area contributed by atoms with Crippen molar-refractivity contribution in [2.45, 2.75) is 6.42 Å². The maximum atomic E-state index is 13.2. The maximum Gasteiger partial charge on any atom is 0.125 e. The van der Waals surface area contributed by atoms with Gasteiger partial charge in [-0.25, -0.2) is 4.39 Å². The van der Waals surface area contributed by atoms with E-state index in [9.17, 15) is 4.39 Å². The fourth-order valence-electron chi connectivity index (χ4n) is 1.94. The molecule has 0 fully saturated rings. The summed E-state index contributed by atoms with van der Waals surface area (Å²) in [6.07, 6.45) is 0.921. The molecule has 2 rings (SSSR count). The number of likely N-dealkylation sites (N-methyl/N-ethyl adjacent to an activating group) is 1. The largest absolute Gasteiger partial charge is 0.346 e. The van der Waals surface area contributed by atoms with E-state index >= 15 is 0 Å². The van der Waals surface area contributed by atoms with Crippen molar-refractivity contribution < 1.29 is 4.39 Å². The minimum Gasteiger partial charge on any atom is -0.346 e. The Labute approximate surface area is 103 Å². The fraction of sp³-hybridized carbons (Fsp3) is 0.333. The van der Waals surface area contributed by atoms with Crippen LogP contribution < -0.4 is 5.32 Å². The molecule has 0 aliphatic rings. The summed E-state index contributed by atoms with van der Waals surface area (Å²) in [6.45, 7) is 0.908. The van der Waals surface area contributed by atoms with Crippen LogP contribution in [0.5, 0.6) is 0 Å². The Bertz CT molecular complexity index is 519. The first-order valence-electron chi connectivity index (χ1n) is 5.22. The third-order valence-corrected chi connectivity index (χ3v) is 3.71. The van der Waals surface area contributed by atoms with Crippen molar-refractivity contribution in [1.82, 2.24) is 9.88 Å². The lowest BCUT2D eigenvalue weighted by atomic mass is 10.2. The zero-order valence-corrected chi connectivity index (χ0v) is 10.9. The highest BCUT2D eigenvalue weighted by Gasteiger charge is 2.12. The van der Waals surface area contributed by atoms with E-state index in [1.54, 1.807) is 6.07 Å². The van der Waals surface area contributed by atoms with E-state index < -0.39 is 0 Å². The van der Waals surface area contributed by atoms with Gasteiger partial charge in [0.1, 0.15) is 5.82 Å². The summed E-state index contributed by atoms with van der Waals surface area (Å²) in [5.41, 5.74) is 2.12. The quantitative estimate of drug-likeness (QED) is 0.917. The normalized spacial score (nSPS) is 11.2. The summed E-state index contributed by atoms with van der Waals surface area (Å²) >= 11 is 3.59. The number of aromatic nitrogens is 1. The lowest BCUT2D eigenvalue weighted by molar-refractivity contribution is 0.628. The predicted molar refractivity (Wildman–Crippen MR) is 68.2 cm³/mol. The smallest absolute Gasteiger partial charge is 0.125 e. The standard InChI is InChI=1S/C12H14BrFN2/c1-15-6-5-10-12(13)9-4-3-8(14)7-11(9)16(10)2/h3-4,7,15H,5-6H2,1-2H3. The molecule has 0 spiro atoms. The third-order valence-electron chi connectivity index (χ3n) is 2.83. The molecule has 1 aromatic heterocycles. The second-order valence-corrected chi connectivity index (χ2v) is 4.63. The molecule has 1 aromatic carbocycles. The molecule has 1 N–H and O–H groups in total. The number of hydrogen-bond donors (Lipinski definition) is 1. The zero-order valence-electron chi connectivity index (χ0n) is 9.35. The number of halogens is 2. The maximum absolute atomic E-state index is 13.2. The van der Waals surface area contributed by atoms with E-state index in [0.29, 0.717) is 0 Å². The Kier molecular flexibility index (Phi) is 3.30. The SMILES string of the molecule is CNCCc1c(Br)c2ccc(F)cc2n1C. The van der Waals surface area contributed by atoms with Crippen molar-refractivity contribution in [3.63, 3.8) is 0 Å². The van der Waals surface area contributed by atoms with Crippen LogP contribution in [0.1, 0.15) is 5.69 Å². The van der Waals surface area contributed by atoms with Crippen LogP contribution in [-0.4, -0.2) is 18.2 Å². The Morgan fingerprint density at radius 2 is 2.19 bits per heavy atom. The van der Waals surface area contributed by atoms with Crippen molar-refractivity contribution in [2.24, 2.45) is 7.05 Å². The number of benzene rings is 1. The van der Waals surface area contributed by atoms with Crippen molar-refractivity contribution in [3.05, 3.63) is 34.2 Å². The van der Waals surface area contributed by atoms with Crippen LogP contribution in [0.15, 0.2) is 22.7 Å². The monoisotopic (exact) mass is 284 g/mol. The molecule has 2 nitrogen and oxygen atoms in total. The van der Waals surface area contributed by atoms with Crippen LogP contribution >= 0.6 is 15.9 Å². The molecule has 0 atom stereocenters. The highest BCUT2D eigenvalue weighted by Crippen LogP contribution is 2.30. The lowest BCUT2D eigenvalue weighted by Gasteiger charge is -2.04. The van der Waals surface area contributed by atoms with Crippen LogP contribution in [-0.2, 0) is 13.5 Å². The van der Waals surface area contributed by atoms with Gasteiger partial charge in [0.2, 0.25) is 0 Å². The molecule has 0 unspecified atom stereocenters. The van der Waals surface area contributed by atoms with E-state index in [1.807, 2.05) is 24.7 Å². The average Bonchev–Trinajstić information content (AvgIpc) is 2.50. The summed E-state index contributed by atoms with van der Waals surface area (Å²) in [5, 5.41) is 4.18. The van der Waals surface area contributed by atoms with Gasteiger partial charge >= 0.3 is 0 Å². The molecular formula is C12H14BrFN2. The molecule has 4 heteroatoms. The summed E-state index contributed by atoms with van der Waals surface area (Å²) < 4.78 is 16.3. The van der Waals surface area contributed by atoms with E-state index in [1.165, 1.54) is 11.8 Å². The van der Waals surface area contributed by atoms with Gasteiger partial charge in [0.25, 0.3) is 0 Å². The number of hydrogen-bond acceptors (Lipinski definition) is 1. The van der Waals surface area contributed by atoms with Gasteiger partial charge in [0.15, 0.2) is 0 Å². The van der Waals surface area contributed by atoms with E-state index in [2.05, 4.69) is 21.2 Å². The fourth-order valence-corrected chi connectivity index (χ4v) is 2.74. The number of aryl methyl sites for hydroxylation is 1. The molecule has 0 amide bonds. The molecule has 0 bridgehead atoms. The minimum atomic E-state index is -0.194. The summed E-state index contributed by atoms with van der Waals surface area (Å²) in [4.78, 5) is 0. The molecule has 0 aliphatic heterocycles. The molecule has 0 aliphatic carbocycles. The average molecular weight is 285 g/mol. The Hall–Kier alpha value is -0.870. The van der Waals surface area contributed by atoms with Crippen molar-refractivity contribution >= 4 is 26.8 Å². The lowest BCUT2D eigenvalue weighted by Crippen LogP contribution is -2.12. The number of rotatable bonds is 3. The Morgan fingerprint density at radius 3 is 2.88 bits per heavy atom. The highest BCUT2D eigenvalue weighted by atomic mass is 79.9. The Morgan fingerprint density at radius 1 is 1.44 bits per heavy atom. The zero-order chi connectivity index (χ0) is 11.7. The molecule has 0 saturated heterocycles. The van der Waals surface area contributed by atoms with Crippen LogP contribution in [0, 0.1) is 5.82 Å². The number of nitrogens with one attached hydrogen (secondary N) is 1. The second-order valence-electron chi connectivity index (χ2n) is 3.83. The van der Waals surface area contributed by atoms with E-state index in [-0.39, 0.29) is 5.82 Å². The van der Waals surface area contributed by atoms with Gasteiger partial charge in [0.05, 0.1) is 5.52 Å². The van der Waals surface area contributed by atoms with Gasteiger partial charge in [0, 0.05) is 35.6 Å². The molecule has 1 heterocycles.